The lowest BCUT2D eigenvalue weighted by Crippen LogP contribution is -2.71. The average Bonchev–Trinajstić information content (AvgIpc) is 2.69. The SMILES string of the molecule is CCC1(C)CC2(OCC=CCO2)C(C)C(C)(CC)N1O. The van der Waals surface area contributed by atoms with E-state index in [1.807, 2.05) is 12.2 Å². The van der Waals surface area contributed by atoms with E-state index in [1.165, 1.54) is 0 Å². The van der Waals surface area contributed by atoms with Crippen LogP contribution < -0.4 is 0 Å². The molecule has 4 heteroatoms. The minimum absolute atomic E-state index is 0.0875. The molecule has 2 aliphatic rings. The van der Waals surface area contributed by atoms with Crippen molar-refractivity contribution in [1.82, 2.24) is 5.06 Å². The van der Waals surface area contributed by atoms with Gasteiger partial charge in [-0.05, 0) is 26.7 Å². The summed E-state index contributed by atoms with van der Waals surface area (Å²) in [7, 11) is 0. The lowest BCUT2D eigenvalue weighted by atomic mass is 9.67. The monoisotopic (exact) mass is 283 g/mol. The Bertz CT molecular complexity index is 374. The zero-order valence-corrected chi connectivity index (χ0v) is 13.5. The van der Waals surface area contributed by atoms with Crippen LogP contribution in [0.3, 0.4) is 0 Å². The first-order valence-electron chi connectivity index (χ1n) is 7.77. The van der Waals surface area contributed by atoms with Crippen LogP contribution >= 0.6 is 0 Å². The van der Waals surface area contributed by atoms with Gasteiger partial charge in [-0.25, -0.2) is 0 Å². The van der Waals surface area contributed by atoms with Crippen LogP contribution in [0, 0.1) is 5.92 Å². The van der Waals surface area contributed by atoms with E-state index in [0.29, 0.717) is 19.6 Å². The van der Waals surface area contributed by atoms with E-state index < -0.39 is 5.79 Å². The molecular weight excluding hydrogens is 254 g/mol. The van der Waals surface area contributed by atoms with Gasteiger partial charge in [0.1, 0.15) is 0 Å². The molecule has 0 aromatic rings. The van der Waals surface area contributed by atoms with Crippen LogP contribution in [0.25, 0.3) is 0 Å². The number of ether oxygens (including phenoxy) is 2. The van der Waals surface area contributed by atoms with Crippen molar-refractivity contribution in [3.8, 4) is 0 Å². The van der Waals surface area contributed by atoms with E-state index in [4.69, 9.17) is 9.47 Å². The summed E-state index contributed by atoms with van der Waals surface area (Å²) < 4.78 is 12.3. The van der Waals surface area contributed by atoms with E-state index in [9.17, 15) is 5.21 Å². The number of hydrogen-bond acceptors (Lipinski definition) is 4. The molecule has 1 fully saturated rings. The van der Waals surface area contributed by atoms with Crippen molar-refractivity contribution >= 4 is 0 Å². The fourth-order valence-corrected chi connectivity index (χ4v) is 3.67. The minimum Gasteiger partial charge on any atom is -0.345 e. The molecule has 2 rings (SSSR count). The Kier molecular flexibility index (Phi) is 4.32. The summed E-state index contributed by atoms with van der Waals surface area (Å²) in [5.41, 5.74) is -0.686. The third kappa shape index (κ3) is 2.23. The fraction of sp³-hybridized carbons (Fsp3) is 0.875. The van der Waals surface area contributed by atoms with Gasteiger partial charge in [-0.2, -0.15) is 5.06 Å². The molecule has 1 N–H and O–H groups in total. The molecule has 0 amide bonds. The van der Waals surface area contributed by atoms with Crippen molar-refractivity contribution in [2.45, 2.75) is 70.7 Å². The molecule has 1 saturated heterocycles. The van der Waals surface area contributed by atoms with Crippen LogP contribution in [0.4, 0.5) is 0 Å². The van der Waals surface area contributed by atoms with Gasteiger partial charge < -0.3 is 14.7 Å². The Labute approximate surface area is 122 Å². The highest BCUT2D eigenvalue weighted by molar-refractivity contribution is 5.08. The van der Waals surface area contributed by atoms with Crippen molar-refractivity contribution in [2.24, 2.45) is 5.92 Å². The van der Waals surface area contributed by atoms with Crippen LogP contribution in [0.5, 0.6) is 0 Å². The van der Waals surface area contributed by atoms with Crippen LogP contribution in [-0.2, 0) is 9.47 Å². The molecular formula is C16H29NO3. The second-order valence-electron chi connectivity index (χ2n) is 6.68. The zero-order valence-electron chi connectivity index (χ0n) is 13.5. The second kappa shape index (κ2) is 5.41. The summed E-state index contributed by atoms with van der Waals surface area (Å²) in [5, 5.41) is 12.4. The van der Waals surface area contributed by atoms with Gasteiger partial charge in [0.15, 0.2) is 5.79 Å². The first-order chi connectivity index (χ1) is 9.34. The summed E-state index contributed by atoms with van der Waals surface area (Å²) in [5.74, 6) is -0.525. The van der Waals surface area contributed by atoms with Gasteiger partial charge >= 0.3 is 0 Å². The number of piperidine rings is 1. The van der Waals surface area contributed by atoms with Crippen LogP contribution in [-0.4, -0.2) is 40.3 Å². The largest absolute Gasteiger partial charge is 0.345 e. The van der Waals surface area contributed by atoms with E-state index in [1.54, 1.807) is 5.06 Å². The standard InChI is InChI=1S/C16H29NO3/c1-6-14(4)12-16(19-10-8-9-11-20-16)13(3)15(5,7-2)17(14)18/h8-9,13,18H,6-7,10-12H2,1-5H3. The number of nitrogens with zero attached hydrogens (tertiary/aromatic N) is 1. The molecule has 0 saturated carbocycles. The maximum Gasteiger partial charge on any atom is 0.175 e. The van der Waals surface area contributed by atoms with Gasteiger partial charge in [0.2, 0.25) is 0 Å². The van der Waals surface area contributed by atoms with E-state index in [-0.39, 0.29) is 17.0 Å². The fourth-order valence-electron chi connectivity index (χ4n) is 3.67. The Morgan fingerprint density at radius 1 is 1.15 bits per heavy atom. The molecule has 0 bridgehead atoms. The molecule has 0 aromatic heterocycles. The van der Waals surface area contributed by atoms with Crippen molar-refractivity contribution in [1.29, 1.82) is 0 Å². The molecule has 4 nitrogen and oxygen atoms in total. The number of hydroxylamine groups is 2. The number of rotatable bonds is 2. The molecule has 3 unspecified atom stereocenters. The van der Waals surface area contributed by atoms with Crippen molar-refractivity contribution in [2.75, 3.05) is 13.2 Å². The van der Waals surface area contributed by atoms with Gasteiger partial charge in [-0.3, -0.25) is 0 Å². The Morgan fingerprint density at radius 2 is 1.70 bits per heavy atom. The molecule has 3 atom stereocenters. The predicted octanol–water partition coefficient (Wildman–Crippen LogP) is 3.35. The van der Waals surface area contributed by atoms with Gasteiger partial charge in [-0.15, -0.1) is 0 Å². The summed E-state index contributed by atoms with van der Waals surface area (Å²) in [6, 6.07) is 0. The van der Waals surface area contributed by atoms with Crippen LogP contribution in [0.15, 0.2) is 12.2 Å². The zero-order chi connectivity index (χ0) is 15.0. The Balaban J connectivity index is 2.43. The van der Waals surface area contributed by atoms with E-state index in [2.05, 4.69) is 34.6 Å². The topological polar surface area (TPSA) is 41.9 Å². The molecule has 0 aliphatic carbocycles. The highest BCUT2D eigenvalue weighted by Crippen LogP contribution is 2.51. The number of hydrogen-bond donors (Lipinski definition) is 1. The lowest BCUT2D eigenvalue weighted by Gasteiger charge is -2.61. The minimum atomic E-state index is -0.613. The summed E-state index contributed by atoms with van der Waals surface area (Å²) in [4.78, 5) is 0. The van der Waals surface area contributed by atoms with Gasteiger partial charge in [0.25, 0.3) is 0 Å². The van der Waals surface area contributed by atoms with Crippen LogP contribution in [0.1, 0.15) is 53.9 Å². The van der Waals surface area contributed by atoms with Crippen molar-refractivity contribution in [3.63, 3.8) is 0 Å². The van der Waals surface area contributed by atoms with Gasteiger partial charge in [0, 0.05) is 17.9 Å². The summed E-state index contributed by atoms with van der Waals surface area (Å²) in [6.07, 6.45) is 6.42. The molecule has 0 radical (unpaired) electrons. The van der Waals surface area contributed by atoms with Crippen LogP contribution in [0.2, 0.25) is 0 Å². The first kappa shape index (κ1) is 16.0. The molecule has 1 spiro atoms. The highest BCUT2D eigenvalue weighted by Gasteiger charge is 2.61. The molecule has 2 heterocycles. The lowest BCUT2D eigenvalue weighted by molar-refractivity contribution is -0.369. The van der Waals surface area contributed by atoms with Crippen molar-refractivity contribution < 1.29 is 14.7 Å². The van der Waals surface area contributed by atoms with Gasteiger partial charge in [-0.1, -0.05) is 32.9 Å². The van der Waals surface area contributed by atoms with E-state index in [0.717, 1.165) is 12.8 Å². The summed E-state index contributed by atoms with van der Waals surface area (Å²) >= 11 is 0. The van der Waals surface area contributed by atoms with Gasteiger partial charge in [0.05, 0.1) is 18.8 Å². The maximum absolute atomic E-state index is 10.8. The molecule has 20 heavy (non-hydrogen) atoms. The smallest absolute Gasteiger partial charge is 0.175 e. The van der Waals surface area contributed by atoms with E-state index >= 15 is 0 Å². The Hall–Kier alpha value is -0.420. The molecule has 2 aliphatic heterocycles. The summed E-state index contributed by atoms with van der Waals surface area (Å²) in [6.45, 7) is 11.7. The third-order valence-electron chi connectivity index (χ3n) is 5.71. The maximum atomic E-state index is 10.8. The first-order valence-corrected chi connectivity index (χ1v) is 7.77. The average molecular weight is 283 g/mol. The Morgan fingerprint density at radius 3 is 2.15 bits per heavy atom. The van der Waals surface area contributed by atoms with Crippen molar-refractivity contribution in [3.05, 3.63) is 12.2 Å². The quantitative estimate of drug-likeness (QED) is 0.789. The molecule has 116 valence electrons. The highest BCUT2D eigenvalue weighted by atomic mass is 16.7. The predicted molar refractivity (Wildman–Crippen MR) is 78.6 cm³/mol. The third-order valence-corrected chi connectivity index (χ3v) is 5.71. The molecule has 0 aromatic carbocycles. The normalized spacial score (nSPS) is 41.8. The second-order valence-corrected chi connectivity index (χ2v) is 6.68.